The molecule has 0 spiro atoms. The maximum atomic E-state index is 13.7. The lowest BCUT2D eigenvalue weighted by Crippen LogP contribution is -2.61. The number of halogens is 1. The van der Waals surface area contributed by atoms with Crippen molar-refractivity contribution in [2.24, 2.45) is 5.92 Å². The summed E-state index contributed by atoms with van der Waals surface area (Å²) in [6.45, 7) is 4.05. The van der Waals surface area contributed by atoms with Crippen molar-refractivity contribution in [2.45, 2.75) is 25.4 Å². The quantitative estimate of drug-likeness (QED) is 0.402. The first-order valence-electron chi connectivity index (χ1n) is 11.8. The van der Waals surface area contributed by atoms with Gasteiger partial charge in [-0.3, -0.25) is 14.9 Å². The highest BCUT2D eigenvalue weighted by molar-refractivity contribution is 6.33. The molecule has 3 atom stereocenters. The lowest BCUT2D eigenvalue weighted by Gasteiger charge is -2.49. The maximum Gasteiger partial charge on any atom is 0.269 e. The standard InChI is InChI=1S/C27H27ClN4O3/c1-18(19-7-3-2-4-8-19)29-27(33)22-16-20-15-21(32(34)35)11-12-24(20)31-14-13-30(17-26(22)31)25-10-6-5-9-23(25)28/h2-12,15,18,22,26H,13-14,16-17H2,1H3,(H,29,33)/t18-,22-,26+/m0/s1. The molecule has 8 heteroatoms. The van der Waals surface area contributed by atoms with Crippen molar-refractivity contribution < 1.29 is 9.72 Å². The summed E-state index contributed by atoms with van der Waals surface area (Å²) in [6, 6.07) is 22.4. The van der Waals surface area contributed by atoms with Crippen LogP contribution >= 0.6 is 11.6 Å². The molecule has 1 saturated heterocycles. The minimum atomic E-state index is -0.381. The summed E-state index contributed by atoms with van der Waals surface area (Å²) in [4.78, 5) is 29.2. The number of hydrogen-bond acceptors (Lipinski definition) is 5. The van der Waals surface area contributed by atoms with Crippen LogP contribution in [0.4, 0.5) is 17.1 Å². The molecule has 2 heterocycles. The number of hydrogen-bond donors (Lipinski definition) is 1. The number of piperazine rings is 1. The molecule has 7 nitrogen and oxygen atoms in total. The number of benzene rings is 3. The number of non-ortho nitro benzene ring substituents is 1. The molecule has 0 saturated carbocycles. The van der Waals surface area contributed by atoms with Crippen molar-refractivity contribution in [3.8, 4) is 0 Å². The fraction of sp³-hybridized carbons (Fsp3) is 0.296. The van der Waals surface area contributed by atoms with Gasteiger partial charge in [-0.1, -0.05) is 54.1 Å². The summed E-state index contributed by atoms with van der Waals surface area (Å²) in [7, 11) is 0. The number of carbonyl (C=O) groups is 1. The van der Waals surface area contributed by atoms with Gasteiger partial charge < -0.3 is 15.1 Å². The van der Waals surface area contributed by atoms with Crippen molar-refractivity contribution in [2.75, 3.05) is 29.4 Å². The first kappa shape index (κ1) is 23.2. The lowest BCUT2D eigenvalue weighted by atomic mass is 9.82. The molecule has 1 N–H and O–H groups in total. The van der Waals surface area contributed by atoms with E-state index in [1.807, 2.05) is 67.6 Å². The van der Waals surface area contributed by atoms with Crippen molar-refractivity contribution in [1.82, 2.24) is 5.32 Å². The molecule has 180 valence electrons. The molecule has 3 aromatic carbocycles. The van der Waals surface area contributed by atoms with Gasteiger partial charge in [-0.2, -0.15) is 0 Å². The fourth-order valence-electron chi connectivity index (χ4n) is 5.30. The topological polar surface area (TPSA) is 78.7 Å². The summed E-state index contributed by atoms with van der Waals surface area (Å²) in [5.74, 6) is -0.407. The Balaban J connectivity index is 1.47. The van der Waals surface area contributed by atoms with Gasteiger partial charge in [0.25, 0.3) is 5.69 Å². The molecule has 0 aromatic heterocycles. The van der Waals surface area contributed by atoms with E-state index in [2.05, 4.69) is 15.1 Å². The zero-order valence-electron chi connectivity index (χ0n) is 19.4. The Kier molecular flexibility index (Phi) is 6.34. The van der Waals surface area contributed by atoms with Crippen LogP contribution < -0.4 is 15.1 Å². The van der Waals surface area contributed by atoms with Gasteiger partial charge in [0.2, 0.25) is 5.91 Å². The minimum absolute atomic E-state index is 0.0467. The van der Waals surface area contributed by atoms with E-state index in [1.165, 1.54) is 0 Å². The van der Waals surface area contributed by atoms with E-state index in [1.54, 1.807) is 12.1 Å². The van der Waals surface area contributed by atoms with Gasteiger partial charge in [0.15, 0.2) is 0 Å². The average molecular weight is 491 g/mol. The van der Waals surface area contributed by atoms with E-state index in [0.717, 1.165) is 29.0 Å². The molecule has 2 aliphatic rings. The lowest BCUT2D eigenvalue weighted by molar-refractivity contribution is -0.384. The molecule has 1 fully saturated rings. The fourth-order valence-corrected chi connectivity index (χ4v) is 5.55. The second-order valence-electron chi connectivity index (χ2n) is 9.18. The molecule has 0 bridgehead atoms. The van der Waals surface area contributed by atoms with Gasteiger partial charge in [0.1, 0.15) is 0 Å². The van der Waals surface area contributed by atoms with Gasteiger partial charge in [0, 0.05) is 37.5 Å². The highest BCUT2D eigenvalue weighted by Crippen LogP contribution is 2.39. The van der Waals surface area contributed by atoms with Crippen LogP contribution in [0.3, 0.4) is 0 Å². The van der Waals surface area contributed by atoms with Crippen LogP contribution in [0.1, 0.15) is 24.1 Å². The van der Waals surface area contributed by atoms with Crippen LogP contribution in [0.15, 0.2) is 72.8 Å². The third-order valence-corrected chi connectivity index (χ3v) is 7.41. The molecular formula is C27H27ClN4O3. The maximum absolute atomic E-state index is 13.7. The largest absolute Gasteiger partial charge is 0.366 e. The Hall–Kier alpha value is -3.58. The first-order chi connectivity index (χ1) is 16.9. The predicted molar refractivity (Wildman–Crippen MR) is 138 cm³/mol. The summed E-state index contributed by atoms with van der Waals surface area (Å²) in [5.41, 5.74) is 3.86. The minimum Gasteiger partial charge on any atom is -0.366 e. The Morgan fingerprint density at radius 3 is 2.54 bits per heavy atom. The number of amides is 1. The number of nitrogens with one attached hydrogen (secondary N) is 1. The molecule has 35 heavy (non-hydrogen) atoms. The van der Waals surface area contributed by atoms with Crippen LogP contribution in [0.25, 0.3) is 0 Å². The second kappa shape index (κ2) is 9.58. The normalized spacial score (nSPS) is 19.9. The Bertz CT molecular complexity index is 1250. The highest BCUT2D eigenvalue weighted by atomic mass is 35.5. The molecule has 0 aliphatic carbocycles. The van der Waals surface area contributed by atoms with Gasteiger partial charge >= 0.3 is 0 Å². The SMILES string of the molecule is C[C@H](NC(=O)[C@H]1Cc2cc([N+](=O)[O-])ccc2N2CCN(c3ccccc3Cl)C[C@H]12)c1ccccc1. The summed E-state index contributed by atoms with van der Waals surface area (Å²) in [5, 5.41) is 15.3. The number of fused-ring (bicyclic) bond motifs is 3. The van der Waals surface area contributed by atoms with E-state index in [0.29, 0.717) is 24.5 Å². The van der Waals surface area contributed by atoms with E-state index in [-0.39, 0.29) is 34.5 Å². The van der Waals surface area contributed by atoms with E-state index < -0.39 is 0 Å². The molecular weight excluding hydrogens is 464 g/mol. The van der Waals surface area contributed by atoms with E-state index in [4.69, 9.17) is 11.6 Å². The predicted octanol–water partition coefficient (Wildman–Crippen LogP) is 4.99. The van der Waals surface area contributed by atoms with Crippen LogP contribution in [-0.4, -0.2) is 36.5 Å². The molecule has 5 rings (SSSR count). The molecule has 0 unspecified atom stereocenters. The zero-order valence-corrected chi connectivity index (χ0v) is 20.2. The van der Waals surface area contributed by atoms with Gasteiger partial charge in [0.05, 0.1) is 33.6 Å². The number of para-hydroxylation sites is 1. The van der Waals surface area contributed by atoms with Crippen LogP contribution in [0.2, 0.25) is 5.02 Å². The highest BCUT2D eigenvalue weighted by Gasteiger charge is 2.42. The van der Waals surface area contributed by atoms with Gasteiger partial charge in [-0.05, 0) is 42.7 Å². The molecule has 2 aliphatic heterocycles. The summed E-state index contributed by atoms with van der Waals surface area (Å²) < 4.78 is 0. The summed E-state index contributed by atoms with van der Waals surface area (Å²) in [6.07, 6.45) is 0.446. The molecule has 0 radical (unpaired) electrons. The summed E-state index contributed by atoms with van der Waals surface area (Å²) >= 11 is 6.50. The van der Waals surface area contributed by atoms with Crippen LogP contribution in [0, 0.1) is 16.0 Å². The Morgan fingerprint density at radius 1 is 1.06 bits per heavy atom. The third kappa shape index (κ3) is 4.56. The monoisotopic (exact) mass is 490 g/mol. The zero-order chi connectivity index (χ0) is 24.5. The van der Waals surface area contributed by atoms with Crippen LogP contribution in [-0.2, 0) is 11.2 Å². The van der Waals surface area contributed by atoms with E-state index >= 15 is 0 Å². The van der Waals surface area contributed by atoms with E-state index in [9.17, 15) is 14.9 Å². The number of nitrogens with zero attached hydrogens (tertiary/aromatic N) is 3. The van der Waals surface area contributed by atoms with Gasteiger partial charge in [-0.15, -0.1) is 0 Å². The van der Waals surface area contributed by atoms with Crippen molar-refractivity contribution >= 4 is 34.6 Å². The Labute approximate surface area is 209 Å². The number of carbonyl (C=O) groups excluding carboxylic acids is 1. The number of rotatable bonds is 5. The number of nitro groups is 1. The third-order valence-electron chi connectivity index (χ3n) is 7.09. The smallest absolute Gasteiger partial charge is 0.269 e. The van der Waals surface area contributed by atoms with Crippen molar-refractivity contribution in [3.63, 3.8) is 0 Å². The van der Waals surface area contributed by atoms with Crippen molar-refractivity contribution in [1.29, 1.82) is 0 Å². The average Bonchev–Trinajstić information content (AvgIpc) is 2.88. The second-order valence-corrected chi connectivity index (χ2v) is 9.59. The van der Waals surface area contributed by atoms with Crippen molar-refractivity contribution in [3.05, 3.63) is 99.1 Å². The first-order valence-corrected chi connectivity index (χ1v) is 12.2. The molecule has 3 aromatic rings. The molecule has 1 amide bonds. The van der Waals surface area contributed by atoms with Crippen LogP contribution in [0.5, 0.6) is 0 Å². The van der Waals surface area contributed by atoms with Gasteiger partial charge in [-0.25, -0.2) is 0 Å². The Morgan fingerprint density at radius 2 is 1.80 bits per heavy atom. The number of nitro benzene ring substituents is 1. The number of anilines is 2.